The Balaban J connectivity index is 2.99. The summed E-state index contributed by atoms with van der Waals surface area (Å²) in [5.41, 5.74) is 4.64. The molecule has 0 spiro atoms. The molecule has 0 aliphatic rings. The van der Waals surface area contributed by atoms with Gasteiger partial charge < -0.3 is 5.32 Å². The fraction of sp³-hybridized carbons (Fsp3) is 0.273. The molecule has 2 N–H and O–H groups in total. The van der Waals surface area contributed by atoms with E-state index in [-0.39, 0.29) is 5.69 Å². The van der Waals surface area contributed by atoms with Gasteiger partial charge in [0.05, 0.1) is 10.6 Å². The lowest BCUT2D eigenvalue weighted by atomic mass is 10.1. The zero-order valence-corrected chi connectivity index (χ0v) is 11.2. The van der Waals surface area contributed by atoms with Crippen molar-refractivity contribution in [3.8, 4) is 0 Å². The van der Waals surface area contributed by atoms with Crippen molar-refractivity contribution in [3.63, 3.8) is 0 Å². The Bertz CT molecular complexity index is 514. The molecule has 0 saturated carbocycles. The van der Waals surface area contributed by atoms with Crippen LogP contribution in [-0.4, -0.2) is 22.8 Å². The molecule has 0 fully saturated rings. The second-order valence-corrected chi connectivity index (χ2v) is 4.05. The van der Waals surface area contributed by atoms with Gasteiger partial charge in [0.2, 0.25) is 0 Å². The highest BCUT2D eigenvalue weighted by molar-refractivity contribution is 7.80. The lowest BCUT2D eigenvalue weighted by Crippen LogP contribution is -2.29. The normalized spacial score (nSPS) is 10.9. The van der Waals surface area contributed by atoms with Gasteiger partial charge in [0, 0.05) is 24.2 Å². The summed E-state index contributed by atoms with van der Waals surface area (Å²) in [5.74, 6) is 0. The molecule has 6 nitrogen and oxygen atoms in total. The molecule has 0 bridgehead atoms. The van der Waals surface area contributed by atoms with Crippen LogP contribution >= 0.6 is 12.2 Å². The molecule has 96 valence electrons. The average Bonchev–Trinajstić information content (AvgIpc) is 2.35. The third kappa shape index (κ3) is 3.49. The van der Waals surface area contributed by atoms with E-state index in [1.54, 1.807) is 33.0 Å². The molecule has 0 radical (unpaired) electrons. The summed E-state index contributed by atoms with van der Waals surface area (Å²) in [6.45, 7) is 3.45. The number of hydrazone groups is 1. The summed E-state index contributed by atoms with van der Waals surface area (Å²) in [5, 5.41) is 18.0. The largest absolute Gasteiger partial charge is 0.364 e. The maximum absolute atomic E-state index is 10.8. The van der Waals surface area contributed by atoms with Gasteiger partial charge >= 0.3 is 0 Å². The number of nitro groups is 1. The van der Waals surface area contributed by atoms with Gasteiger partial charge in [0.25, 0.3) is 5.69 Å². The molecule has 1 rings (SSSR count). The summed E-state index contributed by atoms with van der Waals surface area (Å²) in [7, 11) is 1.68. The van der Waals surface area contributed by atoms with E-state index in [2.05, 4.69) is 15.8 Å². The predicted molar refractivity (Wildman–Crippen MR) is 74.8 cm³/mol. The van der Waals surface area contributed by atoms with E-state index < -0.39 is 4.92 Å². The molecule has 0 unspecified atom stereocenters. The van der Waals surface area contributed by atoms with Crippen molar-refractivity contribution in [2.75, 3.05) is 7.05 Å². The van der Waals surface area contributed by atoms with E-state index in [0.29, 0.717) is 22.0 Å². The molecule has 0 aliphatic carbocycles. The van der Waals surface area contributed by atoms with Crippen LogP contribution in [0.15, 0.2) is 23.3 Å². The lowest BCUT2D eigenvalue weighted by molar-refractivity contribution is -0.385. The number of hydrogen-bond donors (Lipinski definition) is 2. The maximum Gasteiger partial charge on any atom is 0.272 e. The Labute approximate surface area is 110 Å². The van der Waals surface area contributed by atoms with E-state index in [1.807, 2.05) is 0 Å². The summed E-state index contributed by atoms with van der Waals surface area (Å²) >= 11 is 4.87. The van der Waals surface area contributed by atoms with Crippen LogP contribution in [0.1, 0.15) is 18.1 Å². The highest BCUT2D eigenvalue weighted by Crippen LogP contribution is 2.19. The fourth-order valence-electron chi connectivity index (χ4n) is 1.29. The molecular formula is C11H14N4O2S. The topological polar surface area (TPSA) is 79.6 Å². The number of nitrogens with zero attached hydrogens (tertiary/aromatic N) is 2. The molecule has 0 amide bonds. The first-order valence-corrected chi connectivity index (χ1v) is 5.64. The second kappa shape index (κ2) is 6.06. The SMILES string of the molecule is CNC(=S)NN=C(C)c1ccc(C)c([N+](=O)[O-])c1. The van der Waals surface area contributed by atoms with Gasteiger partial charge in [-0.05, 0) is 26.1 Å². The van der Waals surface area contributed by atoms with E-state index in [0.717, 1.165) is 0 Å². The van der Waals surface area contributed by atoms with E-state index in [4.69, 9.17) is 12.2 Å². The number of hydrogen-bond acceptors (Lipinski definition) is 4. The van der Waals surface area contributed by atoms with Crippen molar-refractivity contribution in [1.82, 2.24) is 10.7 Å². The molecule has 0 aliphatic heterocycles. The molecular weight excluding hydrogens is 252 g/mol. The third-order valence-corrected chi connectivity index (χ3v) is 2.67. The zero-order chi connectivity index (χ0) is 13.7. The Morgan fingerprint density at radius 3 is 2.72 bits per heavy atom. The van der Waals surface area contributed by atoms with Crippen LogP contribution in [0.2, 0.25) is 0 Å². The Kier molecular flexibility index (Phi) is 4.73. The van der Waals surface area contributed by atoms with Crippen LogP contribution < -0.4 is 10.7 Å². The molecule has 7 heteroatoms. The number of aryl methyl sites for hydroxylation is 1. The van der Waals surface area contributed by atoms with Crippen molar-refractivity contribution >= 4 is 28.7 Å². The Hall–Kier alpha value is -2.02. The monoisotopic (exact) mass is 266 g/mol. The van der Waals surface area contributed by atoms with Crippen LogP contribution in [0, 0.1) is 17.0 Å². The van der Waals surface area contributed by atoms with Gasteiger partial charge in [-0.25, -0.2) is 0 Å². The van der Waals surface area contributed by atoms with Gasteiger partial charge in [0.15, 0.2) is 5.11 Å². The summed E-state index contributed by atoms with van der Waals surface area (Å²) in [4.78, 5) is 10.4. The van der Waals surface area contributed by atoms with Gasteiger partial charge in [-0.2, -0.15) is 5.10 Å². The van der Waals surface area contributed by atoms with Gasteiger partial charge in [-0.1, -0.05) is 12.1 Å². The molecule has 1 aromatic carbocycles. The zero-order valence-electron chi connectivity index (χ0n) is 10.4. The van der Waals surface area contributed by atoms with Crippen molar-refractivity contribution in [3.05, 3.63) is 39.4 Å². The average molecular weight is 266 g/mol. The van der Waals surface area contributed by atoms with Crippen molar-refractivity contribution in [1.29, 1.82) is 0 Å². The molecule has 18 heavy (non-hydrogen) atoms. The summed E-state index contributed by atoms with van der Waals surface area (Å²) in [6.07, 6.45) is 0. The fourth-order valence-corrected chi connectivity index (χ4v) is 1.33. The van der Waals surface area contributed by atoms with E-state index in [9.17, 15) is 10.1 Å². The number of thiocarbonyl (C=S) groups is 1. The highest BCUT2D eigenvalue weighted by atomic mass is 32.1. The molecule has 1 aromatic rings. The van der Waals surface area contributed by atoms with Crippen molar-refractivity contribution in [2.45, 2.75) is 13.8 Å². The Morgan fingerprint density at radius 1 is 1.50 bits per heavy atom. The minimum absolute atomic E-state index is 0.0817. The number of nitrogens with one attached hydrogen (secondary N) is 2. The standard InChI is InChI=1S/C11H14N4O2S/c1-7-4-5-9(6-10(7)15(16)17)8(2)13-14-11(18)12-3/h4-6H,1-3H3,(H2,12,14,18). The summed E-state index contributed by atoms with van der Waals surface area (Å²) < 4.78 is 0. The highest BCUT2D eigenvalue weighted by Gasteiger charge is 2.12. The number of benzene rings is 1. The third-order valence-electron chi connectivity index (χ3n) is 2.38. The lowest BCUT2D eigenvalue weighted by Gasteiger charge is -2.05. The van der Waals surface area contributed by atoms with Crippen LogP contribution in [0.4, 0.5) is 5.69 Å². The van der Waals surface area contributed by atoms with Crippen LogP contribution in [0.5, 0.6) is 0 Å². The quantitative estimate of drug-likeness (QED) is 0.377. The van der Waals surface area contributed by atoms with Gasteiger partial charge in [0.1, 0.15) is 0 Å². The molecule has 0 saturated heterocycles. The smallest absolute Gasteiger partial charge is 0.272 e. The number of nitro benzene ring substituents is 1. The van der Waals surface area contributed by atoms with Crippen LogP contribution in [-0.2, 0) is 0 Å². The molecule has 0 aromatic heterocycles. The number of rotatable bonds is 3. The first-order valence-electron chi connectivity index (χ1n) is 5.23. The van der Waals surface area contributed by atoms with E-state index >= 15 is 0 Å². The summed E-state index contributed by atoms with van der Waals surface area (Å²) in [6, 6.07) is 4.98. The van der Waals surface area contributed by atoms with Gasteiger partial charge in [-0.3, -0.25) is 15.5 Å². The molecule has 0 atom stereocenters. The van der Waals surface area contributed by atoms with E-state index in [1.165, 1.54) is 6.07 Å². The van der Waals surface area contributed by atoms with Crippen LogP contribution in [0.3, 0.4) is 0 Å². The van der Waals surface area contributed by atoms with Crippen molar-refractivity contribution < 1.29 is 4.92 Å². The minimum Gasteiger partial charge on any atom is -0.364 e. The predicted octanol–water partition coefficient (Wildman–Crippen LogP) is 1.72. The first-order chi connectivity index (χ1) is 8.45. The minimum atomic E-state index is -0.405. The van der Waals surface area contributed by atoms with Gasteiger partial charge in [-0.15, -0.1) is 0 Å². The second-order valence-electron chi connectivity index (χ2n) is 3.65. The molecule has 0 heterocycles. The maximum atomic E-state index is 10.8. The Morgan fingerprint density at radius 2 is 2.17 bits per heavy atom. The van der Waals surface area contributed by atoms with Crippen LogP contribution in [0.25, 0.3) is 0 Å². The van der Waals surface area contributed by atoms with Crippen molar-refractivity contribution in [2.24, 2.45) is 5.10 Å². The first kappa shape index (κ1) is 14.0.